The Hall–Kier alpha value is -2.42. The second kappa shape index (κ2) is 4.93. The number of imide groups is 1. The van der Waals surface area contributed by atoms with Gasteiger partial charge in [0.05, 0.1) is 12.5 Å². The third-order valence-corrected chi connectivity index (χ3v) is 3.67. The average molecular weight is 265 g/mol. The van der Waals surface area contributed by atoms with Crippen molar-refractivity contribution in [1.82, 2.24) is 4.90 Å². The lowest BCUT2D eigenvalue weighted by Crippen LogP contribution is -2.43. The quantitative estimate of drug-likeness (QED) is 0.795. The molecule has 0 N–H and O–H groups in total. The molecule has 0 fully saturated rings. The summed E-state index contributed by atoms with van der Waals surface area (Å²) in [7, 11) is 0. The molecule has 0 aliphatic carbocycles. The van der Waals surface area contributed by atoms with Crippen LogP contribution in [0.2, 0.25) is 0 Å². The van der Waals surface area contributed by atoms with Crippen LogP contribution in [0.1, 0.15) is 29.7 Å². The highest BCUT2D eigenvalue weighted by atomic mass is 16.2. The molecule has 20 heavy (non-hydrogen) atoms. The molecule has 100 valence electrons. The van der Waals surface area contributed by atoms with Crippen molar-refractivity contribution in [3.63, 3.8) is 0 Å². The zero-order valence-corrected chi connectivity index (χ0v) is 11.2. The Balaban J connectivity index is 2.20. The lowest BCUT2D eigenvalue weighted by Gasteiger charge is -2.35. The summed E-state index contributed by atoms with van der Waals surface area (Å²) in [5.41, 5.74) is 3.00. The Bertz CT molecular complexity index is 664. The predicted octanol–water partition coefficient (Wildman–Crippen LogP) is 2.71. The van der Waals surface area contributed by atoms with E-state index >= 15 is 0 Å². The normalized spacial score (nSPS) is 17.8. The maximum Gasteiger partial charge on any atom is 0.234 e. The lowest BCUT2D eigenvalue weighted by atomic mass is 9.88. The molecule has 2 aromatic rings. The Morgan fingerprint density at radius 2 is 1.70 bits per heavy atom. The van der Waals surface area contributed by atoms with Crippen LogP contribution in [-0.4, -0.2) is 16.7 Å². The van der Waals surface area contributed by atoms with Crippen molar-refractivity contribution in [3.05, 3.63) is 71.3 Å². The fourth-order valence-electron chi connectivity index (χ4n) is 2.81. The van der Waals surface area contributed by atoms with Crippen LogP contribution in [0.15, 0.2) is 54.6 Å². The van der Waals surface area contributed by atoms with Crippen molar-refractivity contribution in [2.45, 2.75) is 19.4 Å². The zero-order chi connectivity index (χ0) is 14.1. The van der Waals surface area contributed by atoms with Gasteiger partial charge in [0.15, 0.2) is 0 Å². The maximum absolute atomic E-state index is 12.3. The molecule has 2 amide bonds. The Morgan fingerprint density at radius 3 is 2.40 bits per heavy atom. The monoisotopic (exact) mass is 265 g/mol. The second-order valence-electron chi connectivity index (χ2n) is 4.97. The fraction of sp³-hybridized carbons (Fsp3) is 0.176. The van der Waals surface area contributed by atoms with Crippen LogP contribution >= 0.6 is 0 Å². The van der Waals surface area contributed by atoms with Crippen LogP contribution in [0.25, 0.3) is 0 Å². The summed E-state index contributed by atoms with van der Waals surface area (Å²) in [5, 5.41) is 0. The highest BCUT2D eigenvalue weighted by Gasteiger charge is 2.35. The highest BCUT2D eigenvalue weighted by molar-refractivity contribution is 5.97. The molecule has 3 rings (SSSR count). The van der Waals surface area contributed by atoms with Crippen molar-refractivity contribution in [2.24, 2.45) is 0 Å². The molecule has 0 bridgehead atoms. The maximum atomic E-state index is 12.3. The van der Waals surface area contributed by atoms with E-state index in [9.17, 15) is 9.59 Å². The van der Waals surface area contributed by atoms with E-state index in [4.69, 9.17) is 0 Å². The molecule has 1 aliphatic heterocycles. The topological polar surface area (TPSA) is 37.4 Å². The number of rotatable bonds is 1. The first-order valence-corrected chi connectivity index (χ1v) is 6.64. The van der Waals surface area contributed by atoms with Gasteiger partial charge in [-0.2, -0.15) is 0 Å². The number of hydrogen-bond acceptors (Lipinski definition) is 2. The summed E-state index contributed by atoms with van der Waals surface area (Å²) in [5.74, 6) is -0.344. The number of fused-ring (bicyclic) bond motifs is 1. The summed E-state index contributed by atoms with van der Waals surface area (Å²) in [6.45, 7) is 1.45. The van der Waals surface area contributed by atoms with Crippen LogP contribution < -0.4 is 0 Å². The van der Waals surface area contributed by atoms with E-state index in [1.807, 2.05) is 54.6 Å². The molecule has 1 unspecified atom stereocenters. The van der Waals surface area contributed by atoms with Crippen LogP contribution in [0.5, 0.6) is 0 Å². The fourth-order valence-corrected chi connectivity index (χ4v) is 2.81. The van der Waals surface area contributed by atoms with E-state index < -0.39 is 0 Å². The van der Waals surface area contributed by atoms with Gasteiger partial charge in [-0.15, -0.1) is 0 Å². The van der Waals surface area contributed by atoms with Gasteiger partial charge in [0, 0.05) is 6.92 Å². The number of carbonyl (C=O) groups is 2. The van der Waals surface area contributed by atoms with E-state index in [1.54, 1.807) is 0 Å². The molecule has 1 atom stereocenters. The molecule has 0 spiro atoms. The molecular weight excluding hydrogens is 250 g/mol. The smallest absolute Gasteiger partial charge is 0.234 e. The molecule has 3 heteroatoms. The van der Waals surface area contributed by atoms with Crippen molar-refractivity contribution in [2.75, 3.05) is 0 Å². The lowest BCUT2D eigenvalue weighted by molar-refractivity contribution is -0.146. The summed E-state index contributed by atoms with van der Waals surface area (Å²) < 4.78 is 0. The third kappa shape index (κ3) is 2.01. The van der Waals surface area contributed by atoms with E-state index in [0.29, 0.717) is 6.42 Å². The van der Waals surface area contributed by atoms with Gasteiger partial charge < -0.3 is 0 Å². The standard InChI is InChI=1S/C17H15NO2/c1-12(19)18-16(20)11-14-9-5-6-10-15(14)17(18)13-7-3-2-4-8-13/h2-10,17H,11H2,1H3. The van der Waals surface area contributed by atoms with E-state index in [1.165, 1.54) is 11.8 Å². The van der Waals surface area contributed by atoms with Crippen molar-refractivity contribution in [1.29, 1.82) is 0 Å². The van der Waals surface area contributed by atoms with Crippen molar-refractivity contribution in [3.8, 4) is 0 Å². The molecule has 3 nitrogen and oxygen atoms in total. The van der Waals surface area contributed by atoms with Crippen molar-refractivity contribution < 1.29 is 9.59 Å². The highest BCUT2D eigenvalue weighted by Crippen LogP contribution is 2.35. The summed E-state index contributed by atoms with van der Waals surface area (Å²) in [6.07, 6.45) is 0.291. The van der Waals surface area contributed by atoms with Gasteiger partial charge in [-0.05, 0) is 16.7 Å². The minimum Gasteiger partial charge on any atom is -0.275 e. The zero-order valence-electron chi connectivity index (χ0n) is 11.2. The molecule has 0 radical (unpaired) electrons. The Kier molecular flexibility index (Phi) is 3.11. The first-order chi connectivity index (χ1) is 9.68. The van der Waals surface area contributed by atoms with Gasteiger partial charge in [-0.1, -0.05) is 54.6 Å². The first-order valence-electron chi connectivity index (χ1n) is 6.64. The van der Waals surface area contributed by atoms with Gasteiger partial charge in [-0.3, -0.25) is 14.5 Å². The van der Waals surface area contributed by atoms with E-state index in [0.717, 1.165) is 16.7 Å². The molecule has 1 aliphatic rings. The summed E-state index contributed by atoms with van der Waals surface area (Å²) >= 11 is 0. The van der Waals surface area contributed by atoms with Crippen LogP contribution in [0.3, 0.4) is 0 Å². The summed E-state index contributed by atoms with van der Waals surface area (Å²) in [6, 6.07) is 17.2. The largest absolute Gasteiger partial charge is 0.275 e. The van der Waals surface area contributed by atoms with Crippen LogP contribution in [0, 0.1) is 0 Å². The van der Waals surface area contributed by atoms with Crippen LogP contribution in [0.4, 0.5) is 0 Å². The molecule has 1 heterocycles. The third-order valence-electron chi connectivity index (χ3n) is 3.67. The first kappa shape index (κ1) is 12.6. The number of hydrogen-bond donors (Lipinski definition) is 0. The van der Waals surface area contributed by atoms with Gasteiger partial charge in [0.1, 0.15) is 0 Å². The number of benzene rings is 2. The van der Waals surface area contributed by atoms with Crippen molar-refractivity contribution >= 4 is 11.8 Å². The average Bonchev–Trinajstić information content (AvgIpc) is 2.46. The number of nitrogens with zero attached hydrogens (tertiary/aromatic N) is 1. The minimum absolute atomic E-state index is 0.134. The Morgan fingerprint density at radius 1 is 1.05 bits per heavy atom. The van der Waals surface area contributed by atoms with E-state index in [-0.39, 0.29) is 17.9 Å². The van der Waals surface area contributed by atoms with E-state index in [2.05, 4.69) is 0 Å². The Labute approximate surface area is 117 Å². The second-order valence-corrected chi connectivity index (χ2v) is 4.97. The molecule has 2 aromatic carbocycles. The number of amides is 2. The summed E-state index contributed by atoms with van der Waals surface area (Å²) in [4.78, 5) is 25.6. The SMILES string of the molecule is CC(=O)N1C(=O)Cc2ccccc2C1c1ccccc1. The molecular formula is C17H15NO2. The number of carbonyl (C=O) groups excluding carboxylic acids is 2. The van der Waals surface area contributed by atoms with Gasteiger partial charge in [0.2, 0.25) is 11.8 Å². The molecule has 0 saturated carbocycles. The minimum atomic E-state index is -0.314. The molecule has 0 aromatic heterocycles. The van der Waals surface area contributed by atoms with Crippen LogP contribution in [-0.2, 0) is 16.0 Å². The van der Waals surface area contributed by atoms with Gasteiger partial charge in [0.25, 0.3) is 0 Å². The predicted molar refractivity (Wildman–Crippen MR) is 76.0 cm³/mol. The molecule has 0 saturated heterocycles. The van der Waals surface area contributed by atoms with Gasteiger partial charge >= 0.3 is 0 Å². The van der Waals surface area contributed by atoms with Gasteiger partial charge in [-0.25, -0.2) is 0 Å².